The summed E-state index contributed by atoms with van der Waals surface area (Å²) in [6, 6.07) is 7.71. The normalized spacial score (nSPS) is 19.7. The molecule has 2 unspecified atom stereocenters. The molecule has 0 spiro atoms. The molecule has 1 aromatic carbocycles. The molecule has 1 aliphatic heterocycles. The zero-order chi connectivity index (χ0) is 14.7. The van der Waals surface area contributed by atoms with Crippen LogP contribution < -0.4 is 5.32 Å². The van der Waals surface area contributed by atoms with Crippen molar-refractivity contribution in [1.29, 1.82) is 0 Å². The molecule has 2 atom stereocenters. The number of aryl methyl sites for hydroxylation is 1. The van der Waals surface area contributed by atoms with Crippen molar-refractivity contribution < 1.29 is 14.7 Å². The van der Waals surface area contributed by atoms with Crippen LogP contribution in [0.15, 0.2) is 24.3 Å². The average Bonchev–Trinajstić information content (AvgIpc) is 2.89. The van der Waals surface area contributed by atoms with Crippen LogP contribution in [0.25, 0.3) is 0 Å². The van der Waals surface area contributed by atoms with Crippen LogP contribution >= 0.6 is 0 Å². The highest BCUT2D eigenvalue weighted by atomic mass is 16.4. The third kappa shape index (κ3) is 3.29. The fourth-order valence-electron chi connectivity index (χ4n) is 2.36. The number of urea groups is 1. The van der Waals surface area contributed by atoms with Gasteiger partial charge in [-0.3, -0.25) is 4.79 Å². The minimum atomic E-state index is -0.827. The van der Waals surface area contributed by atoms with Crippen molar-refractivity contribution >= 4 is 12.0 Å². The lowest BCUT2D eigenvalue weighted by atomic mass is 10.1. The van der Waals surface area contributed by atoms with Crippen molar-refractivity contribution in [2.45, 2.75) is 26.3 Å². The van der Waals surface area contributed by atoms with Crippen molar-refractivity contribution in [3.63, 3.8) is 0 Å². The Morgan fingerprint density at radius 2 is 2.00 bits per heavy atom. The van der Waals surface area contributed by atoms with Gasteiger partial charge in [-0.25, -0.2) is 4.79 Å². The number of likely N-dealkylation sites (tertiary alicyclic amines) is 1. The van der Waals surface area contributed by atoms with Crippen LogP contribution in [0.3, 0.4) is 0 Å². The predicted molar refractivity (Wildman–Crippen MR) is 75.4 cm³/mol. The fourth-order valence-corrected chi connectivity index (χ4v) is 2.36. The second kappa shape index (κ2) is 5.94. The van der Waals surface area contributed by atoms with Gasteiger partial charge in [-0.15, -0.1) is 0 Å². The van der Waals surface area contributed by atoms with E-state index in [9.17, 15) is 9.59 Å². The lowest BCUT2D eigenvalue weighted by molar-refractivity contribution is -0.141. The van der Waals surface area contributed by atoms with Gasteiger partial charge in [0.1, 0.15) is 0 Å². The van der Waals surface area contributed by atoms with E-state index in [1.165, 1.54) is 5.56 Å². The van der Waals surface area contributed by atoms with Gasteiger partial charge in [0.2, 0.25) is 0 Å². The predicted octanol–water partition coefficient (Wildman–Crippen LogP) is 2.17. The van der Waals surface area contributed by atoms with Crippen molar-refractivity contribution in [1.82, 2.24) is 10.2 Å². The van der Waals surface area contributed by atoms with Gasteiger partial charge < -0.3 is 15.3 Å². The second-order valence-electron chi connectivity index (χ2n) is 5.35. The number of carbonyl (C=O) groups excluding carboxylic acids is 1. The SMILES string of the molecule is Cc1ccc(C(C)NC(=O)N2CCC(C(=O)O)C2)cc1. The molecule has 0 bridgehead atoms. The number of hydrogen-bond acceptors (Lipinski definition) is 2. The molecule has 2 N–H and O–H groups in total. The molecule has 1 heterocycles. The zero-order valence-corrected chi connectivity index (χ0v) is 11.8. The van der Waals surface area contributed by atoms with E-state index in [0.717, 1.165) is 5.56 Å². The van der Waals surface area contributed by atoms with Crippen LogP contribution in [0.4, 0.5) is 4.79 Å². The van der Waals surface area contributed by atoms with Crippen LogP contribution in [0.5, 0.6) is 0 Å². The average molecular weight is 276 g/mol. The number of nitrogens with zero attached hydrogens (tertiary/aromatic N) is 1. The molecule has 1 aromatic rings. The molecule has 20 heavy (non-hydrogen) atoms. The number of carboxylic acids is 1. The molecule has 1 saturated heterocycles. The third-order valence-corrected chi connectivity index (χ3v) is 3.74. The van der Waals surface area contributed by atoms with Crippen LogP contribution in [0.1, 0.15) is 30.5 Å². The summed E-state index contributed by atoms with van der Waals surface area (Å²) in [4.78, 5) is 24.5. The number of rotatable bonds is 3. The van der Waals surface area contributed by atoms with Crippen molar-refractivity contribution in [3.8, 4) is 0 Å². The summed E-state index contributed by atoms with van der Waals surface area (Å²) in [6.45, 7) is 4.74. The maximum atomic E-state index is 12.1. The lowest BCUT2D eigenvalue weighted by Crippen LogP contribution is -2.40. The Morgan fingerprint density at radius 3 is 2.55 bits per heavy atom. The maximum Gasteiger partial charge on any atom is 0.317 e. The highest BCUT2D eigenvalue weighted by Crippen LogP contribution is 2.18. The number of benzene rings is 1. The van der Waals surface area contributed by atoms with Gasteiger partial charge in [-0.05, 0) is 25.8 Å². The Morgan fingerprint density at radius 1 is 1.35 bits per heavy atom. The Hall–Kier alpha value is -2.04. The summed E-state index contributed by atoms with van der Waals surface area (Å²) in [5, 5.41) is 11.9. The van der Waals surface area contributed by atoms with E-state index in [1.54, 1.807) is 4.90 Å². The fraction of sp³-hybridized carbons (Fsp3) is 0.467. The van der Waals surface area contributed by atoms with E-state index in [4.69, 9.17) is 5.11 Å². The second-order valence-corrected chi connectivity index (χ2v) is 5.35. The van der Waals surface area contributed by atoms with E-state index >= 15 is 0 Å². The van der Waals surface area contributed by atoms with Crippen molar-refractivity contribution in [2.75, 3.05) is 13.1 Å². The number of hydrogen-bond donors (Lipinski definition) is 2. The Balaban J connectivity index is 1.91. The molecular formula is C15H20N2O3. The molecule has 5 heteroatoms. The monoisotopic (exact) mass is 276 g/mol. The van der Waals surface area contributed by atoms with Gasteiger partial charge in [0.25, 0.3) is 0 Å². The molecule has 2 amide bonds. The molecule has 1 aliphatic rings. The number of carbonyl (C=O) groups is 2. The van der Waals surface area contributed by atoms with E-state index in [1.807, 2.05) is 38.1 Å². The van der Waals surface area contributed by atoms with Crippen LogP contribution in [0.2, 0.25) is 0 Å². The summed E-state index contributed by atoms with van der Waals surface area (Å²) in [7, 11) is 0. The first-order valence-electron chi connectivity index (χ1n) is 6.82. The summed E-state index contributed by atoms with van der Waals surface area (Å²) in [6.07, 6.45) is 0.529. The van der Waals surface area contributed by atoms with Crippen molar-refractivity contribution in [3.05, 3.63) is 35.4 Å². The summed E-state index contributed by atoms with van der Waals surface area (Å²) in [5.74, 6) is -1.26. The third-order valence-electron chi connectivity index (χ3n) is 3.74. The topological polar surface area (TPSA) is 69.6 Å². The van der Waals surface area contributed by atoms with Crippen LogP contribution in [-0.2, 0) is 4.79 Å². The summed E-state index contributed by atoms with van der Waals surface area (Å²) >= 11 is 0. The molecule has 1 fully saturated rings. The molecule has 5 nitrogen and oxygen atoms in total. The number of aliphatic carboxylic acids is 1. The Bertz CT molecular complexity index is 498. The van der Waals surface area contributed by atoms with Gasteiger partial charge >= 0.3 is 12.0 Å². The van der Waals surface area contributed by atoms with Crippen LogP contribution in [-0.4, -0.2) is 35.1 Å². The Kier molecular flexibility index (Phi) is 4.27. The highest BCUT2D eigenvalue weighted by molar-refractivity contribution is 5.77. The van der Waals surface area contributed by atoms with Crippen LogP contribution in [0, 0.1) is 12.8 Å². The molecular weight excluding hydrogens is 256 g/mol. The Labute approximate surface area is 118 Å². The summed E-state index contributed by atoms with van der Waals surface area (Å²) < 4.78 is 0. The molecule has 0 aromatic heterocycles. The molecule has 0 aliphatic carbocycles. The first-order valence-corrected chi connectivity index (χ1v) is 6.82. The molecule has 108 valence electrons. The smallest absolute Gasteiger partial charge is 0.317 e. The number of carboxylic acid groups (broad SMARTS) is 1. The van der Waals surface area contributed by atoms with Gasteiger partial charge in [0, 0.05) is 13.1 Å². The number of nitrogens with one attached hydrogen (secondary N) is 1. The standard InChI is InChI=1S/C15H20N2O3/c1-10-3-5-12(6-4-10)11(2)16-15(20)17-8-7-13(9-17)14(18)19/h3-6,11,13H,7-9H2,1-2H3,(H,16,20)(H,18,19). The minimum absolute atomic E-state index is 0.0908. The van der Waals surface area contributed by atoms with Gasteiger partial charge in [-0.1, -0.05) is 29.8 Å². The van der Waals surface area contributed by atoms with E-state index < -0.39 is 11.9 Å². The van der Waals surface area contributed by atoms with E-state index in [2.05, 4.69) is 5.32 Å². The van der Waals surface area contributed by atoms with E-state index in [-0.39, 0.29) is 12.1 Å². The van der Waals surface area contributed by atoms with Gasteiger partial charge in [0.05, 0.1) is 12.0 Å². The van der Waals surface area contributed by atoms with Crippen molar-refractivity contribution in [2.24, 2.45) is 5.92 Å². The number of amides is 2. The lowest BCUT2D eigenvalue weighted by Gasteiger charge is -2.21. The van der Waals surface area contributed by atoms with Gasteiger partial charge in [0.15, 0.2) is 0 Å². The first kappa shape index (κ1) is 14.4. The zero-order valence-electron chi connectivity index (χ0n) is 11.8. The minimum Gasteiger partial charge on any atom is -0.481 e. The maximum absolute atomic E-state index is 12.1. The van der Waals surface area contributed by atoms with E-state index in [0.29, 0.717) is 19.5 Å². The first-order chi connectivity index (χ1) is 9.47. The molecule has 2 rings (SSSR count). The summed E-state index contributed by atoms with van der Waals surface area (Å²) in [5.41, 5.74) is 2.22. The van der Waals surface area contributed by atoms with Gasteiger partial charge in [-0.2, -0.15) is 0 Å². The molecule has 0 radical (unpaired) electrons. The quantitative estimate of drug-likeness (QED) is 0.889. The molecule has 0 saturated carbocycles. The largest absolute Gasteiger partial charge is 0.481 e. The highest BCUT2D eigenvalue weighted by Gasteiger charge is 2.31.